The van der Waals surface area contributed by atoms with Crippen molar-refractivity contribution in [2.24, 2.45) is 0 Å². The third-order valence-corrected chi connectivity index (χ3v) is 2.86. The molecule has 1 rings (SSSR count). The van der Waals surface area contributed by atoms with E-state index in [-0.39, 0.29) is 12.3 Å². The summed E-state index contributed by atoms with van der Waals surface area (Å²) >= 11 is 3.31. The molecule has 0 saturated carbocycles. The van der Waals surface area contributed by atoms with Gasteiger partial charge in [-0.05, 0) is 18.6 Å². The van der Waals surface area contributed by atoms with Gasteiger partial charge < -0.3 is 15.1 Å². The van der Waals surface area contributed by atoms with E-state index < -0.39 is 0 Å². The molecular weight excluding hydrogens is 250 g/mol. The summed E-state index contributed by atoms with van der Waals surface area (Å²) in [4.78, 5) is 0. The molecular formula is C9H12BrNO3. The Labute approximate surface area is 90.6 Å². The molecule has 0 amide bonds. The molecule has 0 radical (unpaired) electrons. The monoisotopic (exact) mass is 261 g/mol. The maximum atomic E-state index is 9.56. The third kappa shape index (κ3) is 2.00. The third-order valence-electron chi connectivity index (χ3n) is 2.04. The van der Waals surface area contributed by atoms with Gasteiger partial charge in [-0.2, -0.15) is 0 Å². The van der Waals surface area contributed by atoms with Crippen molar-refractivity contribution in [2.75, 3.05) is 7.11 Å². The fourth-order valence-corrected chi connectivity index (χ4v) is 1.74. The van der Waals surface area contributed by atoms with Crippen LogP contribution >= 0.6 is 15.9 Å². The lowest BCUT2D eigenvalue weighted by molar-refractivity contribution is 0.159. The number of hydrogen-bond acceptors (Lipinski definition) is 4. The first-order valence-electron chi connectivity index (χ1n) is 4.03. The molecule has 0 saturated heterocycles. The van der Waals surface area contributed by atoms with Gasteiger partial charge in [-0.3, -0.25) is 0 Å². The minimum atomic E-state index is 0.0511. The summed E-state index contributed by atoms with van der Waals surface area (Å²) in [5, 5.41) is 18.2. The van der Waals surface area contributed by atoms with Gasteiger partial charge in [0.1, 0.15) is 0 Å². The average Bonchev–Trinajstić information content (AvgIpc) is 2.14. The van der Waals surface area contributed by atoms with Crippen molar-refractivity contribution in [1.82, 2.24) is 5.48 Å². The highest BCUT2D eigenvalue weighted by Gasteiger charge is 2.14. The second-order valence-corrected chi connectivity index (χ2v) is 3.70. The van der Waals surface area contributed by atoms with Crippen LogP contribution in [0.2, 0.25) is 0 Å². The predicted molar refractivity (Wildman–Crippen MR) is 55.7 cm³/mol. The molecule has 4 nitrogen and oxygen atoms in total. The fourth-order valence-electron chi connectivity index (χ4n) is 1.28. The summed E-state index contributed by atoms with van der Waals surface area (Å²) in [6, 6.07) is 1.56. The van der Waals surface area contributed by atoms with Crippen LogP contribution in [-0.4, -0.2) is 17.4 Å². The van der Waals surface area contributed by atoms with E-state index in [4.69, 9.17) is 9.94 Å². The number of aromatic hydroxyl groups is 1. The summed E-state index contributed by atoms with van der Waals surface area (Å²) in [6.07, 6.45) is 0. The van der Waals surface area contributed by atoms with E-state index in [9.17, 15) is 5.11 Å². The summed E-state index contributed by atoms with van der Waals surface area (Å²) in [7, 11) is 1.48. The van der Waals surface area contributed by atoms with Crippen LogP contribution in [0, 0.1) is 6.92 Å². The molecule has 5 heteroatoms. The van der Waals surface area contributed by atoms with Crippen molar-refractivity contribution < 1.29 is 15.1 Å². The maximum absolute atomic E-state index is 9.56. The van der Waals surface area contributed by atoms with E-state index in [2.05, 4.69) is 15.9 Å². The maximum Gasteiger partial charge on any atom is 0.165 e. The lowest BCUT2D eigenvalue weighted by Crippen LogP contribution is -2.09. The molecule has 1 aromatic carbocycles. The minimum absolute atomic E-state index is 0.0511. The van der Waals surface area contributed by atoms with Crippen LogP contribution in [0.1, 0.15) is 11.1 Å². The molecule has 0 unspecified atom stereocenters. The number of nitrogens with one attached hydrogen (secondary N) is 1. The largest absolute Gasteiger partial charge is 0.504 e. The van der Waals surface area contributed by atoms with Crippen molar-refractivity contribution in [3.63, 3.8) is 0 Å². The predicted octanol–water partition coefficient (Wildman–Crippen LogP) is 1.95. The summed E-state index contributed by atoms with van der Waals surface area (Å²) in [5.74, 6) is 0.433. The zero-order chi connectivity index (χ0) is 10.7. The van der Waals surface area contributed by atoms with Crippen molar-refractivity contribution in [3.05, 3.63) is 21.7 Å². The summed E-state index contributed by atoms with van der Waals surface area (Å²) in [6.45, 7) is 2.10. The number of ether oxygens (including phenoxy) is 1. The Morgan fingerprint density at radius 3 is 2.71 bits per heavy atom. The molecule has 1 aromatic rings. The number of benzene rings is 1. The lowest BCUT2D eigenvalue weighted by atomic mass is 10.1. The molecule has 0 atom stereocenters. The van der Waals surface area contributed by atoms with Crippen LogP contribution in [0.4, 0.5) is 0 Å². The van der Waals surface area contributed by atoms with Crippen molar-refractivity contribution in [3.8, 4) is 11.5 Å². The van der Waals surface area contributed by atoms with Gasteiger partial charge in [-0.1, -0.05) is 15.9 Å². The van der Waals surface area contributed by atoms with Crippen LogP contribution in [0.15, 0.2) is 10.5 Å². The number of phenolic OH excluding ortho intramolecular Hbond substituents is 1. The number of hydroxylamine groups is 1. The van der Waals surface area contributed by atoms with Crippen molar-refractivity contribution >= 4 is 15.9 Å². The summed E-state index contributed by atoms with van der Waals surface area (Å²) < 4.78 is 5.82. The Hall–Kier alpha value is -0.780. The minimum Gasteiger partial charge on any atom is -0.504 e. The summed E-state index contributed by atoms with van der Waals surface area (Å²) in [5.41, 5.74) is 3.68. The van der Waals surface area contributed by atoms with E-state index in [1.807, 2.05) is 12.4 Å². The number of methoxy groups -OCH3 is 1. The van der Waals surface area contributed by atoms with Crippen LogP contribution in [0.3, 0.4) is 0 Å². The molecule has 78 valence electrons. The van der Waals surface area contributed by atoms with E-state index in [0.29, 0.717) is 5.75 Å². The first-order chi connectivity index (χ1) is 6.61. The Morgan fingerprint density at radius 2 is 2.21 bits per heavy atom. The first kappa shape index (κ1) is 11.3. The quantitative estimate of drug-likeness (QED) is 0.728. The van der Waals surface area contributed by atoms with Gasteiger partial charge in [0.15, 0.2) is 11.5 Å². The van der Waals surface area contributed by atoms with Crippen molar-refractivity contribution in [1.29, 1.82) is 0 Å². The van der Waals surface area contributed by atoms with Gasteiger partial charge in [0.25, 0.3) is 0 Å². The molecule has 0 fully saturated rings. The highest BCUT2D eigenvalue weighted by molar-refractivity contribution is 9.10. The molecule has 0 bridgehead atoms. The number of rotatable bonds is 3. The highest BCUT2D eigenvalue weighted by Crippen LogP contribution is 2.36. The van der Waals surface area contributed by atoms with Crippen LogP contribution in [0.5, 0.6) is 11.5 Å². The van der Waals surface area contributed by atoms with Gasteiger partial charge >= 0.3 is 0 Å². The fraction of sp³-hybridized carbons (Fsp3) is 0.333. The topological polar surface area (TPSA) is 61.7 Å². The van der Waals surface area contributed by atoms with Gasteiger partial charge in [-0.25, -0.2) is 5.48 Å². The average molecular weight is 262 g/mol. The second-order valence-electron chi connectivity index (χ2n) is 2.85. The first-order valence-corrected chi connectivity index (χ1v) is 4.83. The Bertz CT molecular complexity index is 341. The Balaban J connectivity index is 3.32. The zero-order valence-electron chi connectivity index (χ0n) is 7.97. The number of phenols is 1. The van der Waals surface area contributed by atoms with E-state index in [1.54, 1.807) is 6.07 Å². The molecule has 0 aromatic heterocycles. The second kappa shape index (κ2) is 4.63. The van der Waals surface area contributed by atoms with Crippen LogP contribution in [0.25, 0.3) is 0 Å². The molecule has 0 aliphatic heterocycles. The number of halogens is 1. The van der Waals surface area contributed by atoms with Gasteiger partial charge in [-0.15, -0.1) is 0 Å². The van der Waals surface area contributed by atoms with E-state index >= 15 is 0 Å². The van der Waals surface area contributed by atoms with Crippen LogP contribution < -0.4 is 10.2 Å². The molecule has 0 aliphatic carbocycles. The standard InChI is InChI=1S/C9H12BrNO3/c1-5-6(4-11-13)9(14-2)8(12)3-7(5)10/h3,11-13H,4H2,1-2H3. The normalized spacial score (nSPS) is 10.3. The molecule has 3 N–H and O–H groups in total. The van der Waals surface area contributed by atoms with E-state index in [1.165, 1.54) is 7.11 Å². The smallest absolute Gasteiger partial charge is 0.165 e. The van der Waals surface area contributed by atoms with Gasteiger partial charge in [0.2, 0.25) is 0 Å². The molecule has 0 aliphatic rings. The SMILES string of the molecule is COc1c(O)cc(Br)c(C)c1CNO. The zero-order valence-corrected chi connectivity index (χ0v) is 9.55. The van der Waals surface area contributed by atoms with E-state index in [0.717, 1.165) is 15.6 Å². The number of hydrogen-bond donors (Lipinski definition) is 3. The van der Waals surface area contributed by atoms with Crippen LogP contribution in [-0.2, 0) is 6.54 Å². The lowest BCUT2D eigenvalue weighted by Gasteiger charge is -2.13. The molecule has 0 heterocycles. The molecule has 0 spiro atoms. The molecule has 14 heavy (non-hydrogen) atoms. The van der Waals surface area contributed by atoms with Gasteiger partial charge in [0.05, 0.1) is 7.11 Å². The van der Waals surface area contributed by atoms with Crippen molar-refractivity contribution in [2.45, 2.75) is 13.5 Å². The Morgan fingerprint density at radius 1 is 1.57 bits per heavy atom. The highest BCUT2D eigenvalue weighted by atomic mass is 79.9. The Kier molecular flexibility index (Phi) is 3.74. The van der Waals surface area contributed by atoms with Gasteiger partial charge in [0, 0.05) is 16.6 Å².